The van der Waals surface area contributed by atoms with Gasteiger partial charge in [0.2, 0.25) is 0 Å². The van der Waals surface area contributed by atoms with E-state index in [1.165, 1.54) is 5.56 Å². The quantitative estimate of drug-likeness (QED) is 0.776. The van der Waals surface area contributed by atoms with Crippen LogP contribution in [0.3, 0.4) is 0 Å². The molecule has 0 N–H and O–H groups in total. The van der Waals surface area contributed by atoms with Gasteiger partial charge in [0.15, 0.2) is 0 Å². The van der Waals surface area contributed by atoms with Gasteiger partial charge in [0.05, 0.1) is 17.3 Å². The molecule has 0 radical (unpaired) electrons. The normalized spacial score (nSPS) is 10.2. The molecular weight excluding hydrogens is 208 g/mol. The first-order valence-corrected chi connectivity index (χ1v) is 5.67. The van der Waals surface area contributed by atoms with Crippen molar-refractivity contribution in [2.75, 3.05) is 0 Å². The largest absolute Gasteiger partial charge is 0.256 e. The van der Waals surface area contributed by atoms with Gasteiger partial charge >= 0.3 is 0 Å². The van der Waals surface area contributed by atoms with Crippen LogP contribution in [0.2, 0.25) is 0 Å². The molecule has 1 aromatic carbocycles. The third kappa shape index (κ3) is 2.51. The lowest BCUT2D eigenvalue weighted by Crippen LogP contribution is -1.90. The van der Waals surface area contributed by atoms with E-state index >= 15 is 0 Å². The molecule has 0 saturated heterocycles. The number of aromatic nitrogens is 1. The van der Waals surface area contributed by atoms with Crippen LogP contribution in [0.5, 0.6) is 0 Å². The summed E-state index contributed by atoms with van der Waals surface area (Å²) in [4.78, 5) is 4.36. The van der Waals surface area contributed by atoms with Crippen LogP contribution in [0.1, 0.15) is 30.9 Å². The third-order valence-electron chi connectivity index (χ3n) is 2.74. The van der Waals surface area contributed by atoms with Gasteiger partial charge in [0, 0.05) is 11.8 Å². The zero-order chi connectivity index (χ0) is 12.3. The lowest BCUT2D eigenvalue weighted by Gasteiger charge is -2.07. The summed E-state index contributed by atoms with van der Waals surface area (Å²) in [7, 11) is 0. The summed E-state index contributed by atoms with van der Waals surface area (Å²) >= 11 is 0. The summed E-state index contributed by atoms with van der Waals surface area (Å²) in [6.45, 7) is 4.32. The van der Waals surface area contributed by atoms with E-state index in [-0.39, 0.29) is 0 Å². The number of nitriles is 1. The Bertz CT molecular complexity index is 565. The Hall–Kier alpha value is -2.14. The first-order chi connectivity index (χ1) is 8.20. The maximum absolute atomic E-state index is 8.88. The van der Waals surface area contributed by atoms with Crippen molar-refractivity contribution in [3.8, 4) is 17.3 Å². The van der Waals surface area contributed by atoms with E-state index in [1.807, 2.05) is 30.5 Å². The Kier molecular flexibility index (Phi) is 3.20. The molecule has 1 heterocycles. The van der Waals surface area contributed by atoms with Crippen molar-refractivity contribution >= 4 is 0 Å². The fourth-order valence-electron chi connectivity index (χ4n) is 1.71. The second kappa shape index (κ2) is 4.80. The van der Waals surface area contributed by atoms with Crippen molar-refractivity contribution in [2.45, 2.75) is 19.8 Å². The molecule has 17 heavy (non-hydrogen) atoms. The Balaban J connectivity index is 2.46. The molecule has 0 aliphatic rings. The molecule has 0 aliphatic heterocycles. The molecule has 0 amide bonds. The zero-order valence-electron chi connectivity index (χ0n) is 10.0. The van der Waals surface area contributed by atoms with Crippen LogP contribution < -0.4 is 0 Å². The standard InChI is InChI=1S/C15H14N2/c1-11(2)13-6-7-17-15(9-13)14-5-3-4-12(8-14)10-16/h3-9,11H,1-2H3. The number of pyridine rings is 1. The second-order valence-corrected chi connectivity index (χ2v) is 4.32. The van der Waals surface area contributed by atoms with E-state index in [0.717, 1.165) is 11.3 Å². The van der Waals surface area contributed by atoms with E-state index in [4.69, 9.17) is 5.26 Å². The molecule has 0 aliphatic carbocycles. The summed E-state index contributed by atoms with van der Waals surface area (Å²) in [5.41, 5.74) is 3.84. The fourth-order valence-corrected chi connectivity index (χ4v) is 1.71. The number of benzene rings is 1. The van der Waals surface area contributed by atoms with Gasteiger partial charge in [-0.15, -0.1) is 0 Å². The highest BCUT2D eigenvalue weighted by molar-refractivity contribution is 5.62. The molecular formula is C15H14N2. The van der Waals surface area contributed by atoms with Crippen LogP contribution in [-0.2, 0) is 0 Å². The van der Waals surface area contributed by atoms with Crippen LogP contribution in [0.4, 0.5) is 0 Å². The predicted molar refractivity (Wildman–Crippen MR) is 68.5 cm³/mol. The lowest BCUT2D eigenvalue weighted by atomic mass is 10.0. The second-order valence-electron chi connectivity index (χ2n) is 4.32. The van der Waals surface area contributed by atoms with E-state index in [1.54, 1.807) is 6.07 Å². The Morgan fingerprint density at radius 1 is 1.18 bits per heavy atom. The fraction of sp³-hybridized carbons (Fsp3) is 0.200. The average molecular weight is 222 g/mol. The molecule has 2 aromatic rings. The first-order valence-electron chi connectivity index (χ1n) is 5.67. The molecule has 2 heteroatoms. The van der Waals surface area contributed by atoms with Gasteiger partial charge < -0.3 is 0 Å². The van der Waals surface area contributed by atoms with Crippen molar-refractivity contribution in [2.24, 2.45) is 0 Å². The van der Waals surface area contributed by atoms with Crippen molar-refractivity contribution in [3.63, 3.8) is 0 Å². The summed E-state index contributed by atoms with van der Waals surface area (Å²) in [5, 5.41) is 8.88. The van der Waals surface area contributed by atoms with Crippen LogP contribution in [0.15, 0.2) is 42.6 Å². The third-order valence-corrected chi connectivity index (χ3v) is 2.74. The lowest BCUT2D eigenvalue weighted by molar-refractivity contribution is 0.864. The van der Waals surface area contributed by atoms with Crippen LogP contribution in [-0.4, -0.2) is 4.98 Å². The van der Waals surface area contributed by atoms with Crippen LogP contribution in [0.25, 0.3) is 11.3 Å². The number of hydrogen-bond donors (Lipinski definition) is 0. The van der Waals surface area contributed by atoms with Crippen molar-refractivity contribution in [3.05, 3.63) is 53.7 Å². The molecule has 84 valence electrons. The van der Waals surface area contributed by atoms with Gasteiger partial charge in [-0.1, -0.05) is 26.0 Å². The Morgan fingerprint density at radius 2 is 2.00 bits per heavy atom. The SMILES string of the molecule is CC(C)c1ccnc(-c2cccc(C#N)c2)c1. The van der Waals surface area contributed by atoms with Gasteiger partial charge in [0.1, 0.15) is 0 Å². The van der Waals surface area contributed by atoms with E-state index < -0.39 is 0 Å². The molecule has 1 aromatic heterocycles. The summed E-state index contributed by atoms with van der Waals surface area (Å²) in [6, 6.07) is 13.8. The molecule has 0 saturated carbocycles. The highest BCUT2D eigenvalue weighted by Gasteiger charge is 2.04. The van der Waals surface area contributed by atoms with Gasteiger partial charge in [-0.2, -0.15) is 5.26 Å². The number of nitrogens with zero attached hydrogens (tertiary/aromatic N) is 2. The maximum Gasteiger partial charge on any atom is 0.0991 e. The smallest absolute Gasteiger partial charge is 0.0991 e. The Labute approximate surface area is 102 Å². The molecule has 0 spiro atoms. The van der Waals surface area contributed by atoms with E-state index in [2.05, 4.69) is 31.0 Å². The zero-order valence-corrected chi connectivity index (χ0v) is 10.0. The highest BCUT2D eigenvalue weighted by atomic mass is 14.7. The van der Waals surface area contributed by atoms with Crippen LogP contribution >= 0.6 is 0 Å². The van der Waals surface area contributed by atoms with E-state index in [9.17, 15) is 0 Å². The van der Waals surface area contributed by atoms with Crippen molar-refractivity contribution < 1.29 is 0 Å². The van der Waals surface area contributed by atoms with Gasteiger partial charge in [-0.05, 0) is 35.7 Å². The molecule has 0 fully saturated rings. The molecule has 0 bridgehead atoms. The molecule has 2 rings (SSSR count). The van der Waals surface area contributed by atoms with Crippen molar-refractivity contribution in [1.29, 1.82) is 5.26 Å². The van der Waals surface area contributed by atoms with Gasteiger partial charge in [-0.3, -0.25) is 4.98 Å². The van der Waals surface area contributed by atoms with E-state index in [0.29, 0.717) is 11.5 Å². The minimum Gasteiger partial charge on any atom is -0.256 e. The first kappa shape index (κ1) is 11.3. The summed E-state index contributed by atoms with van der Waals surface area (Å²) in [5.74, 6) is 0.482. The maximum atomic E-state index is 8.88. The predicted octanol–water partition coefficient (Wildman–Crippen LogP) is 3.74. The number of hydrogen-bond acceptors (Lipinski definition) is 2. The van der Waals surface area contributed by atoms with Gasteiger partial charge in [0.25, 0.3) is 0 Å². The highest BCUT2D eigenvalue weighted by Crippen LogP contribution is 2.22. The summed E-state index contributed by atoms with van der Waals surface area (Å²) < 4.78 is 0. The number of rotatable bonds is 2. The minimum atomic E-state index is 0.482. The van der Waals surface area contributed by atoms with Crippen LogP contribution in [0, 0.1) is 11.3 Å². The topological polar surface area (TPSA) is 36.7 Å². The molecule has 2 nitrogen and oxygen atoms in total. The molecule has 0 unspecified atom stereocenters. The Morgan fingerprint density at radius 3 is 2.71 bits per heavy atom. The average Bonchev–Trinajstić information content (AvgIpc) is 2.39. The summed E-state index contributed by atoms with van der Waals surface area (Å²) in [6.07, 6.45) is 1.82. The van der Waals surface area contributed by atoms with Crippen molar-refractivity contribution in [1.82, 2.24) is 4.98 Å². The minimum absolute atomic E-state index is 0.482. The monoisotopic (exact) mass is 222 g/mol. The molecule has 0 atom stereocenters. The van der Waals surface area contributed by atoms with Gasteiger partial charge in [-0.25, -0.2) is 0 Å².